The third kappa shape index (κ3) is 4.99. The molecule has 0 unspecified atom stereocenters. The Kier molecular flexibility index (Phi) is 5.84. The number of β-amino-alcohol motifs (C(OH)–C–C–N with tert-alkyl or cyclic N) is 1. The van der Waals surface area contributed by atoms with Crippen LogP contribution in [0.2, 0.25) is 0 Å². The third-order valence-electron chi connectivity index (χ3n) is 4.84. The predicted octanol–water partition coefficient (Wildman–Crippen LogP) is 1.48. The molecule has 0 aromatic heterocycles. The van der Waals surface area contributed by atoms with E-state index >= 15 is 0 Å². The average Bonchev–Trinajstić information content (AvgIpc) is 2.38. The molecule has 0 spiro atoms. The van der Waals surface area contributed by atoms with Gasteiger partial charge in [-0.05, 0) is 38.0 Å². The van der Waals surface area contributed by atoms with E-state index in [0.29, 0.717) is 12.6 Å². The number of nitrogens with zero attached hydrogens (tertiary/aromatic N) is 1. The lowest BCUT2D eigenvalue weighted by Crippen LogP contribution is -2.53. The molecule has 0 radical (unpaired) electrons. The van der Waals surface area contributed by atoms with Crippen LogP contribution in [0.3, 0.4) is 0 Å². The zero-order chi connectivity index (χ0) is 14.6. The van der Waals surface area contributed by atoms with Gasteiger partial charge in [0.15, 0.2) is 0 Å². The van der Waals surface area contributed by atoms with Gasteiger partial charge in [0.1, 0.15) is 0 Å². The summed E-state index contributed by atoms with van der Waals surface area (Å²) in [5.41, 5.74) is -0.653. The number of ether oxygens (including phenoxy) is 1. The normalized spacial score (nSPS) is 35.7. The summed E-state index contributed by atoms with van der Waals surface area (Å²) < 4.78 is 5.35. The average molecular weight is 284 g/mol. The van der Waals surface area contributed by atoms with Crippen LogP contribution in [0.1, 0.15) is 40.0 Å². The second-order valence-corrected chi connectivity index (χ2v) is 7.27. The first-order chi connectivity index (χ1) is 9.46. The van der Waals surface area contributed by atoms with E-state index < -0.39 is 5.60 Å². The quantitative estimate of drug-likeness (QED) is 0.803. The van der Waals surface area contributed by atoms with Crippen LogP contribution in [-0.4, -0.2) is 61.0 Å². The van der Waals surface area contributed by atoms with E-state index in [4.69, 9.17) is 4.74 Å². The summed E-state index contributed by atoms with van der Waals surface area (Å²) in [5.74, 6) is 1.58. The van der Waals surface area contributed by atoms with Gasteiger partial charge in [-0.25, -0.2) is 0 Å². The molecule has 1 aliphatic carbocycles. The van der Waals surface area contributed by atoms with Crippen LogP contribution < -0.4 is 5.32 Å². The van der Waals surface area contributed by atoms with Crippen LogP contribution in [-0.2, 0) is 4.74 Å². The highest BCUT2D eigenvalue weighted by Crippen LogP contribution is 2.28. The fourth-order valence-electron chi connectivity index (χ4n) is 3.62. The molecule has 4 heteroatoms. The Morgan fingerprint density at radius 1 is 1.25 bits per heavy atom. The molecule has 4 nitrogen and oxygen atoms in total. The minimum Gasteiger partial charge on any atom is -0.388 e. The van der Waals surface area contributed by atoms with Gasteiger partial charge in [-0.2, -0.15) is 0 Å². The minimum atomic E-state index is -0.653. The molecule has 2 aliphatic rings. The first kappa shape index (κ1) is 16.2. The molecule has 1 saturated heterocycles. The molecule has 1 heterocycles. The van der Waals surface area contributed by atoms with Gasteiger partial charge in [-0.15, -0.1) is 0 Å². The topological polar surface area (TPSA) is 44.7 Å². The van der Waals surface area contributed by atoms with Crippen molar-refractivity contribution >= 4 is 0 Å². The van der Waals surface area contributed by atoms with Crippen LogP contribution in [0.4, 0.5) is 0 Å². The fourth-order valence-corrected chi connectivity index (χ4v) is 3.62. The number of aliphatic hydroxyl groups is 1. The van der Waals surface area contributed by atoms with Gasteiger partial charge in [0, 0.05) is 32.2 Å². The molecule has 1 aliphatic heterocycles. The maximum Gasteiger partial charge on any atom is 0.0869 e. The second kappa shape index (κ2) is 7.21. The second-order valence-electron chi connectivity index (χ2n) is 7.27. The molecule has 2 N–H and O–H groups in total. The SMILES string of the molecule is C[C@@H]1CC[C@H](NC[C@@](C)(O)CN2CCOCC2)[C@@H](C)C1. The van der Waals surface area contributed by atoms with Crippen molar-refractivity contribution in [2.24, 2.45) is 11.8 Å². The Bertz CT molecular complexity index is 290. The monoisotopic (exact) mass is 284 g/mol. The lowest BCUT2D eigenvalue weighted by atomic mass is 9.79. The minimum absolute atomic E-state index is 0.572. The standard InChI is InChI=1S/C16H32N2O2/c1-13-4-5-15(14(2)10-13)17-11-16(3,19)12-18-6-8-20-9-7-18/h13-15,17,19H,4-12H2,1-3H3/t13-,14+,15+,16-/m1/s1. The molecule has 2 rings (SSSR count). The predicted molar refractivity (Wildman–Crippen MR) is 81.9 cm³/mol. The Balaban J connectivity index is 1.73. The Labute approximate surface area is 123 Å². The van der Waals surface area contributed by atoms with Crippen LogP contribution >= 0.6 is 0 Å². The molecular formula is C16H32N2O2. The lowest BCUT2D eigenvalue weighted by molar-refractivity contribution is -0.0242. The zero-order valence-electron chi connectivity index (χ0n) is 13.4. The van der Waals surface area contributed by atoms with Gasteiger partial charge in [0.2, 0.25) is 0 Å². The highest BCUT2D eigenvalue weighted by Gasteiger charge is 2.29. The van der Waals surface area contributed by atoms with Crippen LogP contribution in [0, 0.1) is 11.8 Å². The maximum absolute atomic E-state index is 10.6. The van der Waals surface area contributed by atoms with E-state index in [9.17, 15) is 5.11 Å². The van der Waals surface area contributed by atoms with Crippen molar-refractivity contribution in [2.45, 2.75) is 51.7 Å². The van der Waals surface area contributed by atoms with Gasteiger partial charge in [0.25, 0.3) is 0 Å². The van der Waals surface area contributed by atoms with E-state index in [0.717, 1.165) is 44.7 Å². The van der Waals surface area contributed by atoms with Crippen LogP contribution in [0.5, 0.6) is 0 Å². The van der Waals surface area contributed by atoms with Crippen molar-refractivity contribution in [1.29, 1.82) is 0 Å². The molecule has 0 amide bonds. The van der Waals surface area contributed by atoms with Gasteiger partial charge < -0.3 is 15.2 Å². The summed E-state index contributed by atoms with van der Waals surface area (Å²) in [6.07, 6.45) is 3.87. The zero-order valence-corrected chi connectivity index (χ0v) is 13.4. The van der Waals surface area contributed by atoms with E-state index in [1.807, 2.05) is 6.92 Å². The van der Waals surface area contributed by atoms with Crippen LogP contribution in [0.15, 0.2) is 0 Å². The number of morpholine rings is 1. The van der Waals surface area contributed by atoms with Crippen molar-refractivity contribution < 1.29 is 9.84 Å². The van der Waals surface area contributed by atoms with E-state index in [1.54, 1.807) is 0 Å². The molecule has 4 atom stereocenters. The van der Waals surface area contributed by atoms with Crippen molar-refractivity contribution in [3.63, 3.8) is 0 Å². The Hall–Kier alpha value is -0.160. The van der Waals surface area contributed by atoms with Gasteiger partial charge in [0.05, 0.1) is 18.8 Å². The summed E-state index contributed by atoms with van der Waals surface area (Å²) in [4.78, 5) is 2.30. The molecular weight excluding hydrogens is 252 g/mol. The van der Waals surface area contributed by atoms with E-state index in [1.165, 1.54) is 19.3 Å². The largest absolute Gasteiger partial charge is 0.388 e. The number of nitrogens with one attached hydrogen (secondary N) is 1. The third-order valence-corrected chi connectivity index (χ3v) is 4.84. The first-order valence-electron chi connectivity index (χ1n) is 8.22. The molecule has 2 fully saturated rings. The van der Waals surface area contributed by atoms with Gasteiger partial charge in [-0.3, -0.25) is 4.90 Å². The summed E-state index contributed by atoms with van der Waals surface area (Å²) in [6, 6.07) is 0.572. The summed E-state index contributed by atoms with van der Waals surface area (Å²) in [5, 5.41) is 14.2. The van der Waals surface area contributed by atoms with Gasteiger partial charge in [-0.1, -0.05) is 13.8 Å². The summed E-state index contributed by atoms with van der Waals surface area (Å²) in [7, 11) is 0. The summed E-state index contributed by atoms with van der Waals surface area (Å²) in [6.45, 7) is 11.5. The molecule has 20 heavy (non-hydrogen) atoms. The molecule has 1 saturated carbocycles. The van der Waals surface area contributed by atoms with Crippen LogP contribution in [0.25, 0.3) is 0 Å². The van der Waals surface area contributed by atoms with Crippen molar-refractivity contribution in [1.82, 2.24) is 10.2 Å². The molecule has 0 aromatic carbocycles. The highest BCUT2D eigenvalue weighted by molar-refractivity contribution is 4.86. The van der Waals surface area contributed by atoms with Crippen molar-refractivity contribution in [2.75, 3.05) is 39.4 Å². The lowest BCUT2D eigenvalue weighted by Gasteiger charge is -2.38. The molecule has 0 bridgehead atoms. The molecule has 118 valence electrons. The Morgan fingerprint density at radius 2 is 1.95 bits per heavy atom. The molecule has 0 aromatic rings. The highest BCUT2D eigenvalue weighted by atomic mass is 16.5. The number of hydrogen-bond donors (Lipinski definition) is 2. The first-order valence-corrected chi connectivity index (χ1v) is 8.22. The van der Waals surface area contributed by atoms with E-state index in [2.05, 4.69) is 24.1 Å². The fraction of sp³-hybridized carbons (Fsp3) is 1.00. The smallest absolute Gasteiger partial charge is 0.0869 e. The van der Waals surface area contributed by atoms with E-state index in [-0.39, 0.29) is 0 Å². The Morgan fingerprint density at radius 3 is 2.60 bits per heavy atom. The van der Waals surface area contributed by atoms with Crippen molar-refractivity contribution in [3.05, 3.63) is 0 Å². The van der Waals surface area contributed by atoms with Gasteiger partial charge >= 0.3 is 0 Å². The summed E-state index contributed by atoms with van der Waals surface area (Å²) >= 11 is 0. The number of hydrogen-bond acceptors (Lipinski definition) is 4. The van der Waals surface area contributed by atoms with Crippen molar-refractivity contribution in [3.8, 4) is 0 Å². The maximum atomic E-state index is 10.6. The number of rotatable bonds is 5.